The van der Waals surface area contributed by atoms with Crippen LogP contribution < -0.4 is 10.6 Å². The molecule has 1 fully saturated rings. The number of rotatable bonds is 7. The largest absolute Gasteiger partial charge is 0.356 e. The van der Waals surface area contributed by atoms with Crippen LogP contribution in [0.4, 0.5) is 0 Å². The van der Waals surface area contributed by atoms with Crippen molar-refractivity contribution in [3.63, 3.8) is 0 Å². The van der Waals surface area contributed by atoms with E-state index in [0.29, 0.717) is 5.41 Å². The molecule has 2 N–H and O–H groups in total. The number of nitrogens with one attached hydrogen (secondary N) is 2. The molecular weight excluding hydrogens is 407 g/mol. The lowest BCUT2D eigenvalue weighted by atomic mass is 9.67. The maximum Gasteiger partial charge on any atom is 0.191 e. The Balaban J connectivity index is 0.00000242. The average molecular weight is 436 g/mol. The predicted octanol–water partition coefficient (Wildman–Crippen LogP) is 3.61. The molecule has 4 nitrogen and oxygen atoms in total. The zero-order valence-electron chi connectivity index (χ0n) is 13.9. The topological polar surface area (TPSA) is 49.3 Å². The number of aliphatic imine (C=N–C) groups is 1. The molecule has 1 aliphatic rings. The Bertz CT molecular complexity index is 463. The zero-order valence-corrected chi connectivity index (χ0v) is 17.1. The normalized spacial score (nSPS) is 16.6. The Hall–Kier alpha value is -0.370. The first-order chi connectivity index (χ1) is 10.2. The van der Waals surface area contributed by atoms with Crippen molar-refractivity contribution < 1.29 is 0 Å². The van der Waals surface area contributed by atoms with Crippen molar-refractivity contribution in [3.8, 4) is 0 Å². The molecule has 0 atom stereocenters. The molecule has 0 saturated heterocycles. The molecule has 0 amide bonds. The summed E-state index contributed by atoms with van der Waals surface area (Å²) in [5.41, 5.74) is 0.517. The lowest BCUT2D eigenvalue weighted by Crippen LogP contribution is -2.46. The van der Waals surface area contributed by atoms with Gasteiger partial charge >= 0.3 is 0 Å². The van der Waals surface area contributed by atoms with Crippen molar-refractivity contribution in [3.05, 3.63) is 16.1 Å². The molecule has 0 radical (unpaired) electrons. The minimum absolute atomic E-state index is 0. The summed E-state index contributed by atoms with van der Waals surface area (Å²) in [6.45, 7) is 6.39. The molecule has 1 heterocycles. The van der Waals surface area contributed by atoms with E-state index < -0.39 is 0 Å². The lowest BCUT2D eigenvalue weighted by Gasteiger charge is -2.41. The Kier molecular flexibility index (Phi) is 8.67. The van der Waals surface area contributed by atoms with E-state index in [1.54, 1.807) is 0 Å². The van der Waals surface area contributed by atoms with E-state index in [9.17, 15) is 0 Å². The molecule has 126 valence electrons. The van der Waals surface area contributed by atoms with E-state index >= 15 is 0 Å². The maximum atomic E-state index is 4.45. The molecular formula is C16H29IN4S. The fourth-order valence-electron chi connectivity index (χ4n) is 2.74. The second-order valence-corrected chi connectivity index (χ2v) is 7.08. The van der Waals surface area contributed by atoms with E-state index in [1.807, 2.05) is 24.6 Å². The SMILES string of the molecule is CCc1cnc(CCNC(=NC)NCC2(CC)CCC2)s1.I. The summed E-state index contributed by atoms with van der Waals surface area (Å²) >= 11 is 1.81. The van der Waals surface area contributed by atoms with E-state index in [-0.39, 0.29) is 24.0 Å². The Labute approximate surface area is 155 Å². The van der Waals surface area contributed by atoms with Crippen LogP contribution in [0.15, 0.2) is 11.2 Å². The summed E-state index contributed by atoms with van der Waals surface area (Å²) in [4.78, 5) is 10.1. The third-order valence-corrected chi connectivity index (χ3v) is 5.80. The van der Waals surface area contributed by atoms with Gasteiger partial charge < -0.3 is 10.6 Å². The summed E-state index contributed by atoms with van der Waals surface area (Å²) < 4.78 is 0. The van der Waals surface area contributed by atoms with E-state index in [0.717, 1.165) is 31.9 Å². The number of nitrogens with zero attached hydrogens (tertiary/aromatic N) is 2. The molecule has 0 aromatic carbocycles. The molecule has 2 rings (SSSR count). The number of hydrogen-bond acceptors (Lipinski definition) is 3. The fraction of sp³-hybridized carbons (Fsp3) is 0.750. The molecule has 6 heteroatoms. The van der Waals surface area contributed by atoms with Crippen molar-refractivity contribution in [2.75, 3.05) is 20.1 Å². The molecule has 1 aromatic heterocycles. The van der Waals surface area contributed by atoms with Gasteiger partial charge in [-0.05, 0) is 31.1 Å². The molecule has 0 aliphatic heterocycles. The Morgan fingerprint density at radius 1 is 1.36 bits per heavy atom. The summed E-state index contributed by atoms with van der Waals surface area (Å²) in [5.74, 6) is 0.919. The van der Waals surface area contributed by atoms with E-state index in [4.69, 9.17) is 0 Å². The van der Waals surface area contributed by atoms with Crippen molar-refractivity contribution in [1.29, 1.82) is 0 Å². The van der Waals surface area contributed by atoms with Crippen molar-refractivity contribution in [1.82, 2.24) is 15.6 Å². The standard InChI is InChI=1S/C16H28N4S.HI/c1-4-13-11-19-14(21-13)7-10-18-15(17-3)20-12-16(5-2)8-6-9-16;/h11H,4-10,12H2,1-3H3,(H2,17,18,20);1H. The van der Waals surface area contributed by atoms with Gasteiger partial charge in [0.2, 0.25) is 0 Å². The van der Waals surface area contributed by atoms with Gasteiger partial charge in [-0.25, -0.2) is 4.98 Å². The lowest BCUT2D eigenvalue weighted by molar-refractivity contribution is 0.131. The highest BCUT2D eigenvalue weighted by Crippen LogP contribution is 2.42. The minimum atomic E-state index is 0. The smallest absolute Gasteiger partial charge is 0.191 e. The van der Waals surface area contributed by atoms with E-state index in [2.05, 4.69) is 34.5 Å². The summed E-state index contributed by atoms with van der Waals surface area (Å²) in [6.07, 6.45) is 9.38. The summed E-state index contributed by atoms with van der Waals surface area (Å²) in [7, 11) is 1.84. The third kappa shape index (κ3) is 5.37. The zero-order chi connectivity index (χ0) is 15.1. The first-order valence-electron chi connectivity index (χ1n) is 8.09. The number of aryl methyl sites for hydroxylation is 1. The summed E-state index contributed by atoms with van der Waals surface area (Å²) in [6, 6.07) is 0. The van der Waals surface area contributed by atoms with Crippen LogP contribution in [0.1, 0.15) is 49.4 Å². The van der Waals surface area contributed by atoms with Gasteiger partial charge in [-0.3, -0.25) is 4.99 Å². The molecule has 1 aliphatic carbocycles. The monoisotopic (exact) mass is 436 g/mol. The molecule has 22 heavy (non-hydrogen) atoms. The van der Waals surface area contributed by atoms with Crippen LogP contribution in [-0.4, -0.2) is 31.1 Å². The van der Waals surface area contributed by atoms with Crippen LogP contribution in [0, 0.1) is 5.41 Å². The quantitative estimate of drug-likeness (QED) is 0.390. The average Bonchev–Trinajstić information content (AvgIpc) is 2.92. The van der Waals surface area contributed by atoms with Gasteiger partial charge in [0.15, 0.2) is 5.96 Å². The van der Waals surface area contributed by atoms with E-state index in [1.165, 1.54) is 35.6 Å². The molecule has 0 spiro atoms. The van der Waals surface area contributed by atoms with Crippen LogP contribution >= 0.6 is 35.3 Å². The fourth-order valence-corrected chi connectivity index (χ4v) is 3.60. The van der Waals surface area contributed by atoms with Crippen molar-refractivity contribution >= 4 is 41.3 Å². The van der Waals surface area contributed by atoms with Crippen LogP contribution in [-0.2, 0) is 12.8 Å². The Morgan fingerprint density at radius 2 is 2.14 bits per heavy atom. The van der Waals surface area contributed by atoms with Crippen LogP contribution in [0.25, 0.3) is 0 Å². The second kappa shape index (κ2) is 9.70. The number of guanidine groups is 1. The molecule has 0 unspecified atom stereocenters. The summed E-state index contributed by atoms with van der Waals surface area (Å²) in [5, 5.41) is 8.09. The third-order valence-electron chi connectivity index (χ3n) is 4.60. The second-order valence-electron chi connectivity index (χ2n) is 5.88. The number of aromatic nitrogens is 1. The highest BCUT2D eigenvalue weighted by molar-refractivity contribution is 14.0. The van der Waals surface area contributed by atoms with Crippen molar-refractivity contribution in [2.45, 2.75) is 52.4 Å². The van der Waals surface area contributed by atoms with Gasteiger partial charge in [0.05, 0.1) is 5.01 Å². The van der Waals surface area contributed by atoms with Gasteiger partial charge in [-0.2, -0.15) is 0 Å². The minimum Gasteiger partial charge on any atom is -0.356 e. The number of halogens is 1. The first-order valence-corrected chi connectivity index (χ1v) is 8.91. The molecule has 1 saturated carbocycles. The van der Waals surface area contributed by atoms with Gasteiger partial charge in [0, 0.05) is 37.6 Å². The first kappa shape index (κ1) is 19.7. The molecule has 0 bridgehead atoms. The highest BCUT2D eigenvalue weighted by Gasteiger charge is 2.34. The maximum absolute atomic E-state index is 4.45. The number of thiazole rings is 1. The van der Waals surface area contributed by atoms with Crippen LogP contribution in [0.5, 0.6) is 0 Å². The van der Waals surface area contributed by atoms with Gasteiger partial charge in [-0.15, -0.1) is 35.3 Å². The highest BCUT2D eigenvalue weighted by atomic mass is 127. The van der Waals surface area contributed by atoms with Crippen LogP contribution in [0.2, 0.25) is 0 Å². The predicted molar refractivity (Wildman–Crippen MR) is 107 cm³/mol. The number of hydrogen-bond donors (Lipinski definition) is 2. The van der Waals surface area contributed by atoms with Gasteiger partial charge in [0.1, 0.15) is 0 Å². The van der Waals surface area contributed by atoms with Gasteiger partial charge in [-0.1, -0.05) is 20.3 Å². The molecule has 1 aromatic rings. The van der Waals surface area contributed by atoms with Gasteiger partial charge in [0.25, 0.3) is 0 Å². The Morgan fingerprint density at radius 3 is 2.64 bits per heavy atom. The van der Waals surface area contributed by atoms with Crippen molar-refractivity contribution in [2.24, 2.45) is 10.4 Å². The van der Waals surface area contributed by atoms with Crippen LogP contribution in [0.3, 0.4) is 0 Å².